The van der Waals surface area contributed by atoms with Crippen LogP contribution in [-0.4, -0.2) is 29.3 Å². The van der Waals surface area contributed by atoms with E-state index in [0.29, 0.717) is 4.90 Å². The van der Waals surface area contributed by atoms with Crippen molar-refractivity contribution in [3.8, 4) is 0 Å². The van der Waals surface area contributed by atoms with Gasteiger partial charge < -0.3 is 5.32 Å². The molecule has 150 valence electrons. The van der Waals surface area contributed by atoms with Gasteiger partial charge in [-0.15, -0.1) is 0 Å². The van der Waals surface area contributed by atoms with Crippen LogP contribution in [0.1, 0.15) is 17.3 Å². The fraction of sp³-hybridized carbons (Fsp3) is 0.111. The molecule has 1 heterocycles. The molecule has 0 aromatic heterocycles. The van der Waals surface area contributed by atoms with Crippen molar-refractivity contribution in [3.63, 3.8) is 0 Å². The lowest BCUT2D eigenvalue weighted by atomic mass is 9.95. The summed E-state index contributed by atoms with van der Waals surface area (Å²) in [6.45, 7) is 0.916. The number of hydrogen-bond donors (Lipinski definition) is 2. The normalized spacial score (nSPS) is 19.2. The van der Waals surface area contributed by atoms with E-state index in [-0.39, 0.29) is 11.8 Å². The fourth-order valence-electron chi connectivity index (χ4n) is 2.65. The van der Waals surface area contributed by atoms with Gasteiger partial charge in [0.1, 0.15) is 0 Å². The van der Waals surface area contributed by atoms with Crippen molar-refractivity contribution in [2.45, 2.75) is 12.5 Å². The first-order chi connectivity index (χ1) is 13.6. The standard InChI is InChI=1S/C18H11F4N3O4/c1-18(24-14(26)9-7-10(19)12(21)13(22)11(9)20)15(27)23-17(29)25(16(18)28)8-5-3-2-4-6-8/h2-7H,1H3,(H,24,26)(H,23,27,29). The van der Waals surface area contributed by atoms with Crippen molar-refractivity contribution >= 4 is 29.4 Å². The Hall–Kier alpha value is -3.76. The number of halogens is 4. The second-order valence-electron chi connectivity index (χ2n) is 6.16. The summed E-state index contributed by atoms with van der Waals surface area (Å²) in [6.07, 6.45) is 0. The number of carbonyl (C=O) groups excluding carboxylic acids is 4. The Bertz CT molecular complexity index is 1060. The summed E-state index contributed by atoms with van der Waals surface area (Å²) in [5.74, 6) is -12.2. The van der Waals surface area contributed by atoms with Gasteiger partial charge in [0.25, 0.3) is 17.7 Å². The van der Waals surface area contributed by atoms with E-state index in [0.717, 1.165) is 6.92 Å². The van der Waals surface area contributed by atoms with Crippen LogP contribution in [0.25, 0.3) is 0 Å². The third kappa shape index (κ3) is 3.20. The van der Waals surface area contributed by atoms with E-state index in [1.165, 1.54) is 24.3 Å². The number of amides is 5. The minimum atomic E-state index is -2.44. The number of carbonyl (C=O) groups is 4. The minimum absolute atomic E-state index is 0.0630. The van der Waals surface area contributed by atoms with Crippen LogP contribution >= 0.6 is 0 Å². The number of imide groups is 2. The predicted molar refractivity (Wildman–Crippen MR) is 89.6 cm³/mol. The summed E-state index contributed by atoms with van der Waals surface area (Å²) in [4.78, 5) is 50.1. The molecule has 3 rings (SSSR count). The van der Waals surface area contributed by atoms with Crippen molar-refractivity contribution < 1.29 is 36.7 Å². The lowest BCUT2D eigenvalue weighted by Gasteiger charge is -2.37. The zero-order valence-electron chi connectivity index (χ0n) is 14.6. The number of hydrogen-bond acceptors (Lipinski definition) is 4. The van der Waals surface area contributed by atoms with Crippen molar-refractivity contribution in [1.29, 1.82) is 0 Å². The molecule has 2 aromatic carbocycles. The van der Waals surface area contributed by atoms with Gasteiger partial charge >= 0.3 is 6.03 Å². The summed E-state index contributed by atoms with van der Waals surface area (Å²) in [7, 11) is 0. The van der Waals surface area contributed by atoms with Crippen LogP contribution in [0.4, 0.5) is 28.0 Å². The van der Waals surface area contributed by atoms with Crippen LogP contribution in [0.5, 0.6) is 0 Å². The third-order valence-electron chi connectivity index (χ3n) is 4.23. The Morgan fingerprint density at radius 3 is 2.24 bits per heavy atom. The molecular weight excluding hydrogens is 398 g/mol. The number of barbiturate groups is 1. The van der Waals surface area contributed by atoms with Crippen LogP contribution < -0.4 is 15.5 Å². The van der Waals surface area contributed by atoms with Gasteiger partial charge in [0.05, 0.1) is 11.3 Å². The van der Waals surface area contributed by atoms with Gasteiger partial charge in [-0.3, -0.25) is 19.7 Å². The molecule has 29 heavy (non-hydrogen) atoms. The maximum absolute atomic E-state index is 13.9. The van der Waals surface area contributed by atoms with E-state index in [1.807, 2.05) is 10.6 Å². The smallest absolute Gasteiger partial charge is 0.330 e. The van der Waals surface area contributed by atoms with Gasteiger partial charge in [-0.25, -0.2) is 27.3 Å². The fourth-order valence-corrected chi connectivity index (χ4v) is 2.65. The zero-order chi connectivity index (χ0) is 21.5. The molecule has 2 aromatic rings. The highest BCUT2D eigenvalue weighted by molar-refractivity contribution is 6.33. The van der Waals surface area contributed by atoms with E-state index >= 15 is 0 Å². The predicted octanol–water partition coefficient (Wildman–Crippen LogP) is 2.01. The maximum atomic E-state index is 13.9. The molecule has 1 fully saturated rings. The van der Waals surface area contributed by atoms with Gasteiger partial charge in [0, 0.05) is 0 Å². The number of nitrogens with zero attached hydrogens (tertiary/aromatic N) is 1. The largest absolute Gasteiger partial charge is 0.335 e. The number of anilines is 1. The number of para-hydroxylation sites is 1. The van der Waals surface area contributed by atoms with Gasteiger partial charge in [-0.1, -0.05) is 18.2 Å². The van der Waals surface area contributed by atoms with E-state index in [4.69, 9.17) is 0 Å². The summed E-state index contributed by atoms with van der Waals surface area (Å²) in [5.41, 5.74) is -3.64. The number of nitrogens with one attached hydrogen (secondary N) is 2. The molecule has 7 nitrogen and oxygen atoms in total. The summed E-state index contributed by atoms with van der Waals surface area (Å²) >= 11 is 0. The Morgan fingerprint density at radius 2 is 1.62 bits per heavy atom. The molecule has 0 radical (unpaired) electrons. The SMILES string of the molecule is CC1(NC(=O)c2cc(F)c(F)c(F)c2F)C(=O)NC(=O)N(c2ccccc2)C1=O. The molecule has 2 N–H and O–H groups in total. The van der Waals surface area contributed by atoms with Crippen LogP contribution in [0.2, 0.25) is 0 Å². The lowest BCUT2D eigenvalue weighted by molar-refractivity contribution is -0.136. The Kier molecular flexibility index (Phi) is 4.83. The van der Waals surface area contributed by atoms with Gasteiger partial charge in [-0.2, -0.15) is 0 Å². The molecular formula is C18H11F4N3O4. The van der Waals surface area contributed by atoms with Crippen molar-refractivity contribution in [2.24, 2.45) is 0 Å². The summed E-state index contributed by atoms with van der Waals surface area (Å²) < 4.78 is 53.8. The van der Waals surface area contributed by atoms with E-state index in [1.54, 1.807) is 6.07 Å². The Labute approximate surface area is 160 Å². The van der Waals surface area contributed by atoms with E-state index < -0.39 is 58.1 Å². The monoisotopic (exact) mass is 409 g/mol. The highest BCUT2D eigenvalue weighted by Gasteiger charge is 2.52. The highest BCUT2D eigenvalue weighted by atomic mass is 19.2. The van der Waals surface area contributed by atoms with Gasteiger partial charge in [0.15, 0.2) is 28.8 Å². The molecule has 0 saturated carbocycles. The molecule has 1 aliphatic heterocycles. The molecule has 0 bridgehead atoms. The highest BCUT2D eigenvalue weighted by Crippen LogP contribution is 2.24. The average Bonchev–Trinajstić information content (AvgIpc) is 2.68. The summed E-state index contributed by atoms with van der Waals surface area (Å²) in [5, 5.41) is 3.72. The molecule has 1 unspecified atom stereocenters. The van der Waals surface area contributed by atoms with Gasteiger partial charge in [-0.05, 0) is 25.1 Å². The molecule has 0 aliphatic carbocycles. The number of benzene rings is 2. The molecule has 1 aliphatic rings. The first-order valence-corrected chi connectivity index (χ1v) is 7.98. The minimum Gasteiger partial charge on any atom is -0.330 e. The molecule has 0 spiro atoms. The van der Waals surface area contributed by atoms with Crippen LogP contribution in [-0.2, 0) is 9.59 Å². The van der Waals surface area contributed by atoms with Crippen molar-refractivity contribution in [1.82, 2.24) is 10.6 Å². The van der Waals surface area contributed by atoms with Crippen LogP contribution in [0.15, 0.2) is 36.4 Å². The Balaban J connectivity index is 1.99. The van der Waals surface area contributed by atoms with Crippen LogP contribution in [0, 0.1) is 23.3 Å². The lowest BCUT2D eigenvalue weighted by Crippen LogP contribution is -2.73. The van der Waals surface area contributed by atoms with Crippen molar-refractivity contribution in [2.75, 3.05) is 4.90 Å². The molecule has 1 saturated heterocycles. The first kappa shape index (κ1) is 20.0. The molecule has 1 atom stereocenters. The summed E-state index contributed by atoms with van der Waals surface area (Å²) in [6, 6.07) is 6.34. The van der Waals surface area contributed by atoms with Gasteiger partial charge in [0.2, 0.25) is 0 Å². The van der Waals surface area contributed by atoms with E-state index in [9.17, 15) is 36.7 Å². The third-order valence-corrected chi connectivity index (χ3v) is 4.23. The van der Waals surface area contributed by atoms with Crippen molar-refractivity contribution in [3.05, 3.63) is 65.2 Å². The second-order valence-corrected chi connectivity index (χ2v) is 6.16. The van der Waals surface area contributed by atoms with E-state index in [2.05, 4.69) is 0 Å². The molecule has 11 heteroatoms. The molecule has 5 amide bonds. The quantitative estimate of drug-likeness (QED) is 0.351. The number of urea groups is 1. The first-order valence-electron chi connectivity index (χ1n) is 7.98. The number of rotatable bonds is 3. The zero-order valence-corrected chi connectivity index (χ0v) is 14.6. The van der Waals surface area contributed by atoms with Crippen LogP contribution in [0.3, 0.4) is 0 Å². The second kappa shape index (κ2) is 7.00. The average molecular weight is 409 g/mol. The topological polar surface area (TPSA) is 95.6 Å². The Morgan fingerprint density at radius 1 is 1.00 bits per heavy atom. The maximum Gasteiger partial charge on any atom is 0.335 e.